The van der Waals surface area contributed by atoms with Gasteiger partial charge in [0.15, 0.2) is 0 Å². The largest absolute Gasteiger partial charge is 0.478 e. The van der Waals surface area contributed by atoms with Gasteiger partial charge in [0.1, 0.15) is 10.8 Å². The lowest BCUT2D eigenvalue weighted by molar-refractivity contribution is 0.0691. The minimum atomic E-state index is -1.17. The lowest BCUT2D eigenvalue weighted by Crippen LogP contribution is -2.02. The van der Waals surface area contributed by atoms with Crippen LogP contribution in [-0.4, -0.2) is 16.1 Å². The van der Waals surface area contributed by atoms with Crippen molar-refractivity contribution in [2.75, 3.05) is 0 Å². The molecule has 104 valence electrons. The summed E-state index contributed by atoms with van der Waals surface area (Å²) in [6.07, 6.45) is 1.04. The van der Waals surface area contributed by atoms with Gasteiger partial charge >= 0.3 is 5.97 Å². The molecule has 0 saturated carbocycles. The van der Waals surface area contributed by atoms with Crippen LogP contribution in [0.2, 0.25) is 0 Å². The number of benzene rings is 1. The van der Waals surface area contributed by atoms with Gasteiger partial charge in [0.05, 0.1) is 11.8 Å². The Balaban J connectivity index is 2.20. The topological polar surface area (TPSA) is 50.2 Å². The van der Waals surface area contributed by atoms with Gasteiger partial charge in [-0.1, -0.05) is 29.3 Å². The summed E-state index contributed by atoms with van der Waals surface area (Å²) in [7, 11) is 0. The first-order valence-corrected chi connectivity index (χ1v) is 7.03. The van der Waals surface area contributed by atoms with Crippen LogP contribution in [0, 0.1) is 19.7 Å². The maximum Gasteiger partial charge on any atom is 0.338 e. The molecule has 0 radical (unpaired) electrons. The van der Waals surface area contributed by atoms with Crippen molar-refractivity contribution in [2.24, 2.45) is 0 Å². The van der Waals surface area contributed by atoms with Crippen LogP contribution in [0.1, 0.15) is 27.0 Å². The Bertz CT molecular complexity index is 638. The highest BCUT2D eigenvalue weighted by atomic mass is 32.2. The fourth-order valence-corrected chi connectivity index (χ4v) is 2.90. The van der Waals surface area contributed by atoms with Crippen molar-refractivity contribution in [3.63, 3.8) is 0 Å². The number of carboxylic acid groups (broad SMARTS) is 1. The standard InChI is InChI=1S/C15H14FNO2S/c1-9-3-10(2)5-11(4-9)8-20-14-13(15(18)19)6-12(16)7-17-14/h3-7H,8H2,1-2H3,(H,18,19). The van der Waals surface area contributed by atoms with E-state index in [1.54, 1.807) is 0 Å². The van der Waals surface area contributed by atoms with E-state index in [1.807, 2.05) is 26.0 Å². The second-order valence-corrected chi connectivity index (χ2v) is 5.56. The molecule has 0 atom stereocenters. The number of halogens is 1. The molecule has 0 aliphatic heterocycles. The smallest absolute Gasteiger partial charge is 0.338 e. The first-order chi connectivity index (χ1) is 9.45. The van der Waals surface area contributed by atoms with Crippen LogP contribution in [0.3, 0.4) is 0 Å². The monoisotopic (exact) mass is 291 g/mol. The number of rotatable bonds is 4. The van der Waals surface area contributed by atoms with Gasteiger partial charge in [-0.25, -0.2) is 14.2 Å². The molecule has 1 heterocycles. The molecule has 5 heteroatoms. The third-order valence-corrected chi connectivity index (χ3v) is 3.78. The number of aromatic carboxylic acids is 1. The van der Waals surface area contributed by atoms with E-state index in [0.717, 1.165) is 29.0 Å². The number of aromatic nitrogens is 1. The van der Waals surface area contributed by atoms with Crippen LogP contribution >= 0.6 is 11.8 Å². The zero-order valence-electron chi connectivity index (χ0n) is 11.2. The Kier molecular flexibility index (Phi) is 4.39. The molecule has 3 nitrogen and oxygen atoms in total. The van der Waals surface area contributed by atoms with Gasteiger partial charge in [-0.05, 0) is 25.5 Å². The summed E-state index contributed by atoms with van der Waals surface area (Å²) in [5, 5.41) is 9.39. The molecule has 0 saturated heterocycles. The zero-order valence-corrected chi connectivity index (χ0v) is 12.0. The molecule has 0 amide bonds. The van der Waals surface area contributed by atoms with E-state index in [-0.39, 0.29) is 5.56 Å². The van der Waals surface area contributed by atoms with E-state index >= 15 is 0 Å². The van der Waals surface area contributed by atoms with Gasteiger partial charge < -0.3 is 5.11 Å². The van der Waals surface area contributed by atoms with Crippen LogP contribution in [0.15, 0.2) is 35.5 Å². The number of hydrogen-bond acceptors (Lipinski definition) is 3. The van der Waals surface area contributed by atoms with E-state index in [2.05, 4.69) is 11.1 Å². The van der Waals surface area contributed by atoms with Gasteiger partial charge in [0.2, 0.25) is 0 Å². The SMILES string of the molecule is Cc1cc(C)cc(CSc2ncc(F)cc2C(=O)O)c1. The van der Waals surface area contributed by atoms with Gasteiger partial charge in [-0.2, -0.15) is 0 Å². The summed E-state index contributed by atoms with van der Waals surface area (Å²) in [6, 6.07) is 7.17. The Hall–Kier alpha value is -1.88. The molecular weight excluding hydrogens is 277 g/mol. The van der Waals surface area contributed by atoms with E-state index in [0.29, 0.717) is 10.8 Å². The maximum atomic E-state index is 13.0. The molecule has 2 aromatic rings. The minimum Gasteiger partial charge on any atom is -0.478 e. The third kappa shape index (κ3) is 3.57. The molecule has 20 heavy (non-hydrogen) atoms. The predicted octanol–water partition coefficient (Wildman–Crippen LogP) is 3.83. The Morgan fingerprint density at radius 3 is 2.50 bits per heavy atom. The fourth-order valence-electron chi connectivity index (χ4n) is 2.00. The van der Waals surface area contributed by atoms with E-state index in [9.17, 15) is 9.18 Å². The van der Waals surface area contributed by atoms with Gasteiger partial charge in [-0.15, -0.1) is 11.8 Å². The first kappa shape index (κ1) is 14.5. The number of carbonyl (C=O) groups is 1. The molecule has 1 N–H and O–H groups in total. The van der Waals surface area contributed by atoms with Crippen molar-refractivity contribution in [1.82, 2.24) is 4.98 Å². The molecule has 0 aliphatic rings. The molecular formula is C15H14FNO2S. The van der Waals surface area contributed by atoms with Crippen molar-refractivity contribution in [3.05, 3.63) is 58.5 Å². The highest BCUT2D eigenvalue weighted by molar-refractivity contribution is 7.98. The van der Waals surface area contributed by atoms with Crippen LogP contribution in [0.5, 0.6) is 0 Å². The van der Waals surface area contributed by atoms with Gasteiger partial charge in [-0.3, -0.25) is 0 Å². The van der Waals surface area contributed by atoms with E-state index in [4.69, 9.17) is 5.11 Å². The lowest BCUT2D eigenvalue weighted by Gasteiger charge is -2.07. The number of nitrogens with zero attached hydrogens (tertiary/aromatic N) is 1. The van der Waals surface area contributed by atoms with E-state index in [1.165, 1.54) is 11.8 Å². The molecule has 1 aromatic heterocycles. The van der Waals surface area contributed by atoms with Gasteiger partial charge in [0, 0.05) is 5.75 Å². The number of carboxylic acids is 1. The van der Waals surface area contributed by atoms with Crippen LogP contribution in [-0.2, 0) is 5.75 Å². The summed E-state index contributed by atoms with van der Waals surface area (Å²) >= 11 is 1.30. The van der Waals surface area contributed by atoms with Crippen LogP contribution in [0.4, 0.5) is 4.39 Å². The predicted molar refractivity (Wildman–Crippen MR) is 76.6 cm³/mol. The van der Waals surface area contributed by atoms with Crippen molar-refractivity contribution in [3.8, 4) is 0 Å². The molecule has 0 fully saturated rings. The summed E-state index contributed by atoms with van der Waals surface area (Å²) in [5.74, 6) is -1.21. The Morgan fingerprint density at radius 1 is 1.25 bits per heavy atom. The van der Waals surface area contributed by atoms with E-state index < -0.39 is 11.8 Å². The lowest BCUT2D eigenvalue weighted by atomic mass is 10.1. The molecule has 0 bridgehead atoms. The quantitative estimate of drug-likeness (QED) is 0.870. The van der Waals surface area contributed by atoms with Crippen molar-refractivity contribution in [2.45, 2.75) is 24.6 Å². The molecule has 0 spiro atoms. The average molecular weight is 291 g/mol. The fraction of sp³-hybridized carbons (Fsp3) is 0.200. The summed E-state index contributed by atoms with van der Waals surface area (Å²) in [5.41, 5.74) is 3.31. The van der Waals surface area contributed by atoms with Crippen LogP contribution in [0.25, 0.3) is 0 Å². The number of pyridine rings is 1. The first-order valence-electron chi connectivity index (χ1n) is 6.04. The normalized spacial score (nSPS) is 10.6. The molecule has 2 rings (SSSR count). The second-order valence-electron chi connectivity index (χ2n) is 4.60. The molecule has 1 aromatic carbocycles. The zero-order chi connectivity index (χ0) is 14.7. The van der Waals surface area contributed by atoms with Crippen molar-refractivity contribution in [1.29, 1.82) is 0 Å². The minimum absolute atomic E-state index is 0.0978. The molecule has 0 aliphatic carbocycles. The number of thioether (sulfide) groups is 1. The second kappa shape index (κ2) is 6.05. The average Bonchev–Trinajstić information content (AvgIpc) is 2.36. The van der Waals surface area contributed by atoms with Gasteiger partial charge in [0.25, 0.3) is 0 Å². The third-order valence-electron chi connectivity index (χ3n) is 2.71. The molecule has 0 unspecified atom stereocenters. The van der Waals surface area contributed by atoms with Crippen molar-refractivity contribution < 1.29 is 14.3 Å². The van der Waals surface area contributed by atoms with Crippen molar-refractivity contribution >= 4 is 17.7 Å². The number of hydrogen-bond donors (Lipinski definition) is 1. The maximum absolute atomic E-state index is 13.0. The summed E-state index contributed by atoms with van der Waals surface area (Å²) in [4.78, 5) is 14.9. The Morgan fingerprint density at radius 2 is 1.90 bits per heavy atom. The summed E-state index contributed by atoms with van der Waals surface area (Å²) in [6.45, 7) is 4.03. The Labute approximate surface area is 120 Å². The highest BCUT2D eigenvalue weighted by Gasteiger charge is 2.13. The summed E-state index contributed by atoms with van der Waals surface area (Å²) < 4.78 is 13.0. The number of aryl methyl sites for hydroxylation is 2. The highest BCUT2D eigenvalue weighted by Crippen LogP contribution is 2.25. The van der Waals surface area contributed by atoms with Crippen LogP contribution < -0.4 is 0 Å².